The van der Waals surface area contributed by atoms with E-state index >= 15 is 0 Å². The molecule has 10 heteroatoms. The minimum atomic E-state index is -4.82. The highest BCUT2D eigenvalue weighted by Gasteiger charge is 2.32. The Morgan fingerprint density at radius 3 is 2.12 bits per heavy atom. The Hall–Kier alpha value is -2.36. The molecule has 0 aliphatic carbocycles. The predicted octanol–water partition coefficient (Wildman–Crippen LogP) is 3.79. The molecule has 0 atom stereocenters. The number of alkyl halides is 3. The van der Waals surface area contributed by atoms with Gasteiger partial charge in [-0.2, -0.15) is 13.2 Å². The molecule has 2 aromatic rings. The van der Waals surface area contributed by atoms with E-state index in [1.807, 2.05) is 0 Å². The van der Waals surface area contributed by atoms with Gasteiger partial charge in [0.25, 0.3) is 10.0 Å². The summed E-state index contributed by atoms with van der Waals surface area (Å²) in [7, 11) is -3.72. The smallest absolute Gasteiger partial charge is 0.416 e. The van der Waals surface area contributed by atoms with Gasteiger partial charge in [-0.1, -0.05) is 6.07 Å². The van der Waals surface area contributed by atoms with Crippen molar-refractivity contribution in [1.82, 2.24) is 0 Å². The number of benzene rings is 2. The van der Waals surface area contributed by atoms with Gasteiger partial charge in [0.15, 0.2) is 4.90 Å². The largest absolute Gasteiger partial charge is 0.495 e. The first-order valence-corrected chi connectivity index (χ1v) is 7.76. The van der Waals surface area contributed by atoms with Crippen molar-refractivity contribution in [3.63, 3.8) is 0 Å². The highest BCUT2D eigenvalue weighted by atomic mass is 32.2. The highest BCUT2D eigenvalue weighted by Crippen LogP contribution is 2.36. The number of hydrogen-bond donors (Lipinski definition) is 1. The molecule has 0 aromatic heterocycles. The summed E-state index contributed by atoms with van der Waals surface area (Å²) in [6, 6.07) is 4.41. The zero-order chi connectivity index (χ0) is 18.1. The van der Waals surface area contributed by atoms with E-state index in [4.69, 9.17) is 4.74 Å². The Labute approximate surface area is 133 Å². The third kappa shape index (κ3) is 3.58. The Bertz CT molecular complexity index is 845. The summed E-state index contributed by atoms with van der Waals surface area (Å²) in [5.74, 6) is -3.01. The zero-order valence-electron chi connectivity index (χ0n) is 12.0. The fraction of sp³-hybridized carbons (Fsp3) is 0.143. The Morgan fingerprint density at radius 2 is 1.62 bits per heavy atom. The molecule has 0 amide bonds. The maximum atomic E-state index is 13.6. The van der Waals surface area contributed by atoms with Gasteiger partial charge in [-0.05, 0) is 30.3 Å². The molecule has 1 N–H and O–H groups in total. The van der Waals surface area contributed by atoms with E-state index in [0.29, 0.717) is 24.3 Å². The van der Waals surface area contributed by atoms with Gasteiger partial charge in [0.2, 0.25) is 0 Å². The standard InChI is InChI=1S/C14H10F5NO3S/c1-23-12-6-5-8(14(17,18)19)7-11(12)20-24(21,22)13-9(15)3-2-4-10(13)16/h2-7,20H,1H3. The van der Waals surface area contributed by atoms with E-state index in [1.165, 1.54) is 0 Å². The van der Waals surface area contributed by atoms with Gasteiger partial charge >= 0.3 is 6.18 Å². The summed E-state index contributed by atoms with van der Waals surface area (Å²) in [5, 5.41) is 0. The molecule has 0 radical (unpaired) electrons. The van der Waals surface area contributed by atoms with Crippen molar-refractivity contribution in [2.24, 2.45) is 0 Å². The molecule has 130 valence electrons. The van der Waals surface area contributed by atoms with Crippen LogP contribution in [0.25, 0.3) is 0 Å². The number of methoxy groups -OCH3 is 1. The van der Waals surface area contributed by atoms with Crippen molar-refractivity contribution in [2.75, 3.05) is 11.8 Å². The first-order valence-electron chi connectivity index (χ1n) is 6.28. The number of ether oxygens (including phenoxy) is 1. The zero-order valence-corrected chi connectivity index (χ0v) is 12.8. The van der Waals surface area contributed by atoms with Crippen LogP contribution in [0, 0.1) is 11.6 Å². The van der Waals surface area contributed by atoms with Crippen LogP contribution in [0.2, 0.25) is 0 Å². The summed E-state index contributed by atoms with van der Waals surface area (Å²) >= 11 is 0. The molecule has 0 fully saturated rings. The molecule has 4 nitrogen and oxygen atoms in total. The van der Waals surface area contributed by atoms with Crippen LogP contribution in [0.4, 0.5) is 27.6 Å². The van der Waals surface area contributed by atoms with Crippen molar-refractivity contribution in [3.05, 3.63) is 53.6 Å². The predicted molar refractivity (Wildman–Crippen MR) is 75.2 cm³/mol. The Kier molecular flexibility index (Phi) is 4.70. The van der Waals surface area contributed by atoms with Crippen LogP contribution in [0.15, 0.2) is 41.3 Å². The number of sulfonamides is 1. The van der Waals surface area contributed by atoms with Crippen LogP contribution in [-0.2, 0) is 16.2 Å². The lowest BCUT2D eigenvalue weighted by Crippen LogP contribution is -2.17. The van der Waals surface area contributed by atoms with Gasteiger partial charge in [0, 0.05) is 0 Å². The number of nitrogens with one attached hydrogen (secondary N) is 1. The lowest BCUT2D eigenvalue weighted by Gasteiger charge is -2.15. The third-order valence-electron chi connectivity index (χ3n) is 2.96. The van der Waals surface area contributed by atoms with Gasteiger partial charge in [0.1, 0.15) is 17.4 Å². The van der Waals surface area contributed by atoms with Crippen molar-refractivity contribution in [3.8, 4) is 5.75 Å². The van der Waals surface area contributed by atoms with Crippen molar-refractivity contribution >= 4 is 15.7 Å². The molecule has 0 saturated carbocycles. The maximum absolute atomic E-state index is 13.6. The topological polar surface area (TPSA) is 55.4 Å². The SMILES string of the molecule is COc1ccc(C(F)(F)F)cc1NS(=O)(=O)c1c(F)cccc1F. The number of halogens is 5. The normalized spacial score (nSPS) is 12.1. The summed E-state index contributed by atoms with van der Waals surface area (Å²) in [5.41, 5.74) is -1.76. The monoisotopic (exact) mass is 367 g/mol. The second kappa shape index (κ2) is 6.27. The molecule has 0 aliphatic heterocycles. The van der Waals surface area contributed by atoms with Gasteiger partial charge < -0.3 is 4.74 Å². The van der Waals surface area contributed by atoms with Crippen LogP contribution in [-0.4, -0.2) is 15.5 Å². The van der Waals surface area contributed by atoms with Crippen LogP contribution >= 0.6 is 0 Å². The van der Waals surface area contributed by atoms with E-state index in [2.05, 4.69) is 0 Å². The molecule has 0 saturated heterocycles. The molecule has 24 heavy (non-hydrogen) atoms. The van der Waals surface area contributed by atoms with Crippen LogP contribution in [0.5, 0.6) is 5.75 Å². The second-order valence-electron chi connectivity index (χ2n) is 4.57. The fourth-order valence-electron chi connectivity index (χ4n) is 1.90. The average molecular weight is 367 g/mol. The van der Waals surface area contributed by atoms with E-state index in [0.717, 1.165) is 19.2 Å². The molecule has 2 rings (SSSR count). The lowest BCUT2D eigenvalue weighted by atomic mass is 10.2. The molecular formula is C14H10F5NO3S. The Balaban J connectivity index is 2.53. The van der Waals surface area contributed by atoms with Crippen molar-refractivity contribution < 1.29 is 35.1 Å². The summed E-state index contributed by atoms with van der Waals surface area (Å²) in [4.78, 5) is -1.30. The van der Waals surface area contributed by atoms with Crippen LogP contribution in [0.1, 0.15) is 5.56 Å². The second-order valence-corrected chi connectivity index (χ2v) is 6.19. The highest BCUT2D eigenvalue weighted by molar-refractivity contribution is 7.92. The summed E-state index contributed by atoms with van der Waals surface area (Å²) in [6.45, 7) is 0. The first kappa shape index (κ1) is 18.0. The molecule has 2 aromatic carbocycles. The van der Waals surface area contributed by atoms with Crippen LogP contribution in [0.3, 0.4) is 0 Å². The summed E-state index contributed by atoms with van der Waals surface area (Å²) < 4.78 is 96.3. The minimum Gasteiger partial charge on any atom is -0.495 e. The molecule has 0 heterocycles. The molecule has 0 unspecified atom stereocenters. The minimum absolute atomic E-state index is 0.247. The van der Waals surface area contributed by atoms with E-state index in [9.17, 15) is 30.4 Å². The number of anilines is 1. The van der Waals surface area contributed by atoms with Gasteiger partial charge in [-0.15, -0.1) is 0 Å². The lowest BCUT2D eigenvalue weighted by molar-refractivity contribution is -0.137. The maximum Gasteiger partial charge on any atom is 0.416 e. The van der Waals surface area contributed by atoms with E-state index in [-0.39, 0.29) is 5.75 Å². The van der Waals surface area contributed by atoms with Crippen LogP contribution < -0.4 is 9.46 Å². The average Bonchev–Trinajstić information content (AvgIpc) is 2.45. The quantitative estimate of drug-likeness (QED) is 0.837. The number of hydrogen-bond acceptors (Lipinski definition) is 3. The van der Waals surface area contributed by atoms with E-state index in [1.54, 1.807) is 4.72 Å². The van der Waals surface area contributed by atoms with E-state index < -0.39 is 44.0 Å². The fourth-order valence-corrected chi connectivity index (χ4v) is 3.10. The van der Waals surface area contributed by atoms with Gasteiger partial charge in [0.05, 0.1) is 18.4 Å². The third-order valence-corrected chi connectivity index (χ3v) is 4.37. The first-order chi connectivity index (χ1) is 11.1. The van der Waals surface area contributed by atoms with Gasteiger partial charge in [-0.3, -0.25) is 4.72 Å². The number of rotatable bonds is 4. The van der Waals surface area contributed by atoms with Crippen molar-refractivity contribution in [2.45, 2.75) is 11.1 Å². The molecule has 0 spiro atoms. The summed E-state index contributed by atoms with van der Waals surface area (Å²) in [6.07, 6.45) is -4.74. The van der Waals surface area contributed by atoms with Gasteiger partial charge in [-0.25, -0.2) is 17.2 Å². The van der Waals surface area contributed by atoms with Crippen molar-refractivity contribution in [1.29, 1.82) is 0 Å². The molecule has 0 aliphatic rings. The Morgan fingerprint density at radius 1 is 1.04 bits per heavy atom. The molecular weight excluding hydrogens is 357 g/mol. The molecule has 0 bridgehead atoms.